The predicted octanol–water partition coefficient (Wildman–Crippen LogP) is 5.76. The van der Waals surface area contributed by atoms with Gasteiger partial charge in [-0.15, -0.1) is 0 Å². The number of carbonyl (C=O) groups is 1. The Labute approximate surface area is 148 Å². The van der Waals surface area contributed by atoms with Crippen molar-refractivity contribution in [3.63, 3.8) is 0 Å². The van der Waals surface area contributed by atoms with E-state index in [4.69, 9.17) is 23.2 Å². The maximum atomic E-state index is 11.5. The second-order valence-corrected chi connectivity index (χ2v) is 6.79. The van der Waals surface area contributed by atoms with Crippen LogP contribution in [0.25, 0.3) is 0 Å². The minimum atomic E-state index is -1.03. The summed E-state index contributed by atoms with van der Waals surface area (Å²) < 4.78 is 1.44. The van der Waals surface area contributed by atoms with Crippen LogP contribution in [0.2, 0.25) is 10.0 Å². The summed E-state index contributed by atoms with van der Waals surface area (Å²) in [5.41, 5.74) is 1.10. The molecule has 0 aliphatic heterocycles. The maximum Gasteiger partial charge on any atom is 0.330 e. The van der Waals surface area contributed by atoms with E-state index in [9.17, 15) is 9.90 Å². The van der Waals surface area contributed by atoms with Crippen molar-refractivity contribution in [1.82, 2.24) is 0 Å². The Bertz CT molecular complexity index is 695. The summed E-state index contributed by atoms with van der Waals surface area (Å²) >= 11 is 18.6. The zero-order chi connectivity index (χ0) is 15.6. The monoisotopic (exact) mass is 451 g/mol. The van der Waals surface area contributed by atoms with Crippen LogP contribution in [0, 0.1) is 0 Å². The molecule has 2 N–H and O–H groups in total. The SMILES string of the molecule is O=C(O)C(Nc1ccc(Cl)c(Br)c1)c1cc(Br)ccc1Cl. The Morgan fingerprint density at radius 3 is 2.38 bits per heavy atom. The number of hydrogen-bond donors (Lipinski definition) is 2. The first-order valence-electron chi connectivity index (χ1n) is 5.78. The van der Waals surface area contributed by atoms with E-state index in [0.29, 0.717) is 25.8 Å². The van der Waals surface area contributed by atoms with Crippen LogP contribution in [0.4, 0.5) is 5.69 Å². The molecule has 2 rings (SSSR count). The van der Waals surface area contributed by atoms with Crippen LogP contribution < -0.4 is 5.32 Å². The van der Waals surface area contributed by atoms with Crippen molar-refractivity contribution in [2.24, 2.45) is 0 Å². The van der Waals surface area contributed by atoms with Gasteiger partial charge >= 0.3 is 5.97 Å². The smallest absolute Gasteiger partial charge is 0.330 e. The molecule has 2 aromatic carbocycles. The third-order valence-corrected chi connectivity index (χ3v) is 4.80. The number of hydrogen-bond acceptors (Lipinski definition) is 2. The summed E-state index contributed by atoms with van der Waals surface area (Å²) in [6.45, 7) is 0. The van der Waals surface area contributed by atoms with Crippen molar-refractivity contribution >= 4 is 66.7 Å². The van der Waals surface area contributed by atoms with Crippen LogP contribution in [-0.2, 0) is 4.79 Å². The molecule has 110 valence electrons. The molecule has 1 unspecified atom stereocenters. The van der Waals surface area contributed by atoms with Gasteiger partial charge in [-0.2, -0.15) is 0 Å². The van der Waals surface area contributed by atoms with Crippen molar-refractivity contribution < 1.29 is 9.90 Å². The highest BCUT2D eigenvalue weighted by Crippen LogP contribution is 2.31. The fourth-order valence-corrected chi connectivity index (χ4v) is 2.86. The molecule has 3 nitrogen and oxygen atoms in total. The van der Waals surface area contributed by atoms with E-state index in [1.165, 1.54) is 0 Å². The van der Waals surface area contributed by atoms with Gasteiger partial charge in [-0.3, -0.25) is 0 Å². The highest BCUT2D eigenvalue weighted by molar-refractivity contribution is 9.10. The van der Waals surface area contributed by atoms with Gasteiger partial charge in [0.05, 0.1) is 5.02 Å². The first-order chi connectivity index (χ1) is 9.88. The number of carboxylic acid groups (broad SMARTS) is 1. The minimum Gasteiger partial charge on any atom is -0.479 e. The minimum absolute atomic E-state index is 0.381. The first kappa shape index (κ1) is 16.6. The lowest BCUT2D eigenvalue weighted by atomic mass is 10.1. The summed E-state index contributed by atoms with van der Waals surface area (Å²) in [4.78, 5) is 11.5. The van der Waals surface area contributed by atoms with Crippen LogP contribution in [0.1, 0.15) is 11.6 Å². The van der Waals surface area contributed by atoms with E-state index in [1.54, 1.807) is 36.4 Å². The summed E-state index contributed by atoms with van der Waals surface area (Å²) in [5.74, 6) is -1.03. The zero-order valence-corrected chi connectivity index (χ0v) is 15.1. The molecular formula is C14H9Br2Cl2NO2. The predicted molar refractivity (Wildman–Crippen MR) is 92.3 cm³/mol. The number of rotatable bonds is 4. The number of carboxylic acids is 1. The average Bonchev–Trinajstić information content (AvgIpc) is 2.42. The molecule has 0 amide bonds. The van der Waals surface area contributed by atoms with Gasteiger partial charge < -0.3 is 10.4 Å². The fraction of sp³-hybridized carbons (Fsp3) is 0.0714. The standard InChI is InChI=1S/C14H9Br2Cl2NO2/c15-7-1-3-11(17)9(5-7)13(14(20)21)19-8-2-4-12(18)10(16)6-8/h1-6,13,19H,(H,20,21). The van der Waals surface area contributed by atoms with Gasteiger partial charge in [0.15, 0.2) is 6.04 Å². The van der Waals surface area contributed by atoms with Crippen LogP contribution in [0.5, 0.6) is 0 Å². The number of aliphatic carboxylic acids is 1. The molecular weight excluding hydrogens is 445 g/mol. The van der Waals surface area contributed by atoms with E-state index in [1.807, 2.05) is 0 Å². The lowest BCUT2D eigenvalue weighted by Gasteiger charge is -2.18. The van der Waals surface area contributed by atoms with Crippen LogP contribution >= 0.6 is 55.1 Å². The first-order valence-corrected chi connectivity index (χ1v) is 8.12. The maximum absolute atomic E-state index is 11.5. The van der Waals surface area contributed by atoms with Crippen molar-refractivity contribution in [2.45, 2.75) is 6.04 Å². The molecule has 0 bridgehead atoms. The van der Waals surface area contributed by atoms with Gasteiger partial charge in [0.1, 0.15) is 0 Å². The molecule has 0 aliphatic carbocycles. The van der Waals surface area contributed by atoms with Gasteiger partial charge in [-0.1, -0.05) is 39.1 Å². The van der Waals surface area contributed by atoms with E-state index in [0.717, 1.165) is 4.47 Å². The molecule has 0 saturated heterocycles. The van der Waals surface area contributed by atoms with Gasteiger partial charge in [-0.25, -0.2) is 4.79 Å². The van der Waals surface area contributed by atoms with Crippen molar-refractivity contribution in [3.8, 4) is 0 Å². The zero-order valence-electron chi connectivity index (χ0n) is 10.4. The molecule has 21 heavy (non-hydrogen) atoms. The third kappa shape index (κ3) is 4.13. The average molecular weight is 454 g/mol. The normalized spacial score (nSPS) is 12.0. The van der Waals surface area contributed by atoms with Gasteiger partial charge in [0.25, 0.3) is 0 Å². The second kappa shape index (κ2) is 7.01. The molecule has 7 heteroatoms. The number of nitrogens with one attached hydrogen (secondary N) is 1. The van der Waals surface area contributed by atoms with Crippen LogP contribution in [0.15, 0.2) is 45.3 Å². The lowest BCUT2D eigenvalue weighted by Crippen LogP contribution is -2.21. The Hall–Kier alpha value is -0.750. The summed E-state index contributed by atoms with van der Waals surface area (Å²) in [5, 5.41) is 13.3. The van der Waals surface area contributed by atoms with Crippen molar-refractivity contribution in [1.29, 1.82) is 0 Å². The fourth-order valence-electron chi connectivity index (χ4n) is 1.76. The second-order valence-electron chi connectivity index (χ2n) is 4.21. The van der Waals surface area contributed by atoms with Gasteiger partial charge in [0.2, 0.25) is 0 Å². The summed E-state index contributed by atoms with van der Waals surface area (Å²) in [6.07, 6.45) is 0. The number of benzene rings is 2. The van der Waals surface area contributed by atoms with Gasteiger partial charge in [0, 0.05) is 25.2 Å². The lowest BCUT2D eigenvalue weighted by molar-refractivity contribution is -0.138. The molecule has 0 radical (unpaired) electrons. The van der Waals surface area contributed by atoms with E-state index >= 15 is 0 Å². The Morgan fingerprint density at radius 2 is 1.76 bits per heavy atom. The Balaban J connectivity index is 2.37. The largest absolute Gasteiger partial charge is 0.479 e. The van der Waals surface area contributed by atoms with E-state index < -0.39 is 12.0 Å². The molecule has 0 aliphatic rings. The quantitative estimate of drug-likeness (QED) is 0.619. The van der Waals surface area contributed by atoms with Crippen molar-refractivity contribution in [3.05, 3.63) is 61.0 Å². The van der Waals surface area contributed by atoms with Crippen LogP contribution in [-0.4, -0.2) is 11.1 Å². The highest BCUT2D eigenvalue weighted by atomic mass is 79.9. The van der Waals surface area contributed by atoms with E-state index in [-0.39, 0.29) is 0 Å². The Morgan fingerprint density at radius 1 is 1.10 bits per heavy atom. The van der Waals surface area contributed by atoms with Gasteiger partial charge in [-0.05, 0) is 52.3 Å². The molecule has 0 heterocycles. The number of halogens is 4. The molecule has 1 atom stereocenters. The summed E-state index contributed by atoms with van der Waals surface area (Å²) in [6, 6.07) is 9.20. The molecule has 0 saturated carbocycles. The number of anilines is 1. The molecule has 2 aromatic rings. The Kier molecular flexibility index (Phi) is 5.54. The molecule has 0 fully saturated rings. The topological polar surface area (TPSA) is 49.3 Å². The summed E-state index contributed by atoms with van der Waals surface area (Å²) in [7, 11) is 0. The highest BCUT2D eigenvalue weighted by Gasteiger charge is 2.22. The van der Waals surface area contributed by atoms with Crippen LogP contribution in [0.3, 0.4) is 0 Å². The van der Waals surface area contributed by atoms with E-state index in [2.05, 4.69) is 37.2 Å². The van der Waals surface area contributed by atoms with Crippen molar-refractivity contribution in [2.75, 3.05) is 5.32 Å². The molecule has 0 spiro atoms. The third-order valence-electron chi connectivity index (χ3n) is 2.75. The molecule has 0 aromatic heterocycles.